The molecule has 0 atom stereocenters. The molecule has 2 saturated heterocycles. The second-order valence-corrected chi connectivity index (χ2v) is 28.7. The van der Waals surface area contributed by atoms with Gasteiger partial charge in [0.25, 0.3) is 0 Å². The van der Waals surface area contributed by atoms with Crippen molar-refractivity contribution in [3.8, 4) is 44.5 Å². The summed E-state index contributed by atoms with van der Waals surface area (Å²) < 4.78 is 42.7. The summed E-state index contributed by atoms with van der Waals surface area (Å²) in [5, 5.41) is 4.46. The molecule has 0 bridgehead atoms. The van der Waals surface area contributed by atoms with E-state index in [0.29, 0.717) is 0 Å². The highest BCUT2D eigenvalue weighted by atomic mass is 16.8. The van der Waals surface area contributed by atoms with Crippen molar-refractivity contribution in [2.24, 2.45) is 0 Å². The van der Waals surface area contributed by atoms with Gasteiger partial charge in [-0.25, -0.2) is 0 Å². The highest BCUT2D eigenvalue weighted by Gasteiger charge is 2.54. The van der Waals surface area contributed by atoms with Crippen LogP contribution >= 0.6 is 0 Å². The molecule has 0 radical (unpaired) electrons. The van der Waals surface area contributed by atoms with Crippen LogP contribution in [0.15, 0.2) is 294 Å². The molecule has 0 N–H and O–H groups in total. The van der Waals surface area contributed by atoms with Crippen molar-refractivity contribution in [1.82, 2.24) is 0 Å². The minimum Gasteiger partial charge on any atom is -0.456 e. The van der Waals surface area contributed by atoms with Crippen molar-refractivity contribution >= 4 is 63.8 Å². The molecule has 18 rings (SSSR count). The van der Waals surface area contributed by atoms with Gasteiger partial charge >= 0.3 is 14.4 Å². The van der Waals surface area contributed by atoms with Gasteiger partial charge in [-0.1, -0.05) is 279 Å². The van der Waals surface area contributed by atoms with E-state index in [-0.39, 0.29) is 22.7 Å². The van der Waals surface area contributed by atoms with Crippen molar-refractivity contribution in [3.05, 3.63) is 330 Å². The van der Waals surface area contributed by atoms with Crippen LogP contribution in [0, 0.1) is 0 Å². The number of para-hydroxylation sites is 4. The lowest BCUT2D eigenvalue weighted by molar-refractivity contribution is 0.00578. The van der Waals surface area contributed by atoms with Gasteiger partial charge in [0, 0.05) is 44.2 Å². The molecule has 0 unspecified atom stereocenters. The second kappa shape index (κ2) is 24.0. The standard InChI is InChI=1S/C43H35BO3.C37H24O.C9H19BO3/c1-41(2)42(3,4)47-44(46-41)38-23-13-20-35-34-19-12-18-31(39(34)45-40(35)38)28-24-26-30(27-25-28)43(29-14-6-5-7-15-29)36-21-10-8-16-32(36)33-17-9-11-22-37(33)43;1-2-11-26(12-3-1)37(33-18-7-4-13-29(33)30-14-5-8-19-34(30)37)27-23-21-25(22-24-27)28-16-10-17-32-31-15-6-9-20-35(31)38-36(28)32;1-7(2)11-10-12-8(3,4)9(5,6)13-10/h5-27H,1-4H3;1-24H;7H,1-6H3. The van der Waals surface area contributed by atoms with Gasteiger partial charge in [-0.05, 0) is 153 Å². The van der Waals surface area contributed by atoms with Crippen LogP contribution in [0.2, 0.25) is 0 Å². The third kappa shape index (κ3) is 10.1. The first-order valence-corrected chi connectivity index (χ1v) is 34.3. The fraction of sp³-hybridized carbons (Fsp3) is 0.191. The summed E-state index contributed by atoms with van der Waals surface area (Å²) in [5.74, 6) is 0. The Bertz CT molecular complexity index is 5190. The Morgan fingerprint density at radius 1 is 0.286 bits per heavy atom. The molecule has 4 heterocycles. The van der Waals surface area contributed by atoms with Crippen LogP contribution in [-0.2, 0) is 34.1 Å². The Morgan fingerprint density at radius 2 is 0.612 bits per heavy atom. The van der Waals surface area contributed by atoms with E-state index < -0.39 is 31.1 Å². The summed E-state index contributed by atoms with van der Waals surface area (Å²) in [6.45, 7) is 20.3. The molecule has 4 aliphatic rings. The molecule has 14 aromatic rings. The number of rotatable bonds is 9. The Morgan fingerprint density at radius 3 is 1.05 bits per heavy atom. The Hall–Kier alpha value is -9.83. The van der Waals surface area contributed by atoms with Gasteiger partial charge in [0.2, 0.25) is 0 Å². The van der Waals surface area contributed by atoms with Gasteiger partial charge in [0.15, 0.2) is 0 Å². The lowest BCUT2D eigenvalue weighted by Crippen LogP contribution is -2.41. The van der Waals surface area contributed by atoms with E-state index in [1.165, 1.54) is 66.8 Å². The van der Waals surface area contributed by atoms with Crippen molar-refractivity contribution in [3.63, 3.8) is 0 Å². The monoisotopic (exact) mass is 1280 g/mol. The average Bonchev–Trinajstić information content (AvgIpc) is 1.52. The minimum absolute atomic E-state index is 0.120. The zero-order chi connectivity index (χ0) is 67.3. The number of benzene rings is 12. The minimum atomic E-state index is -0.523. The van der Waals surface area contributed by atoms with Crippen molar-refractivity contribution < 1.29 is 32.1 Å². The van der Waals surface area contributed by atoms with Gasteiger partial charge in [0.1, 0.15) is 22.3 Å². The molecule has 7 nitrogen and oxygen atoms in total. The molecule has 98 heavy (non-hydrogen) atoms. The first kappa shape index (κ1) is 62.9. The van der Waals surface area contributed by atoms with E-state index in [1.807, 2.05) is 53.7 Å². The van der Waals surface area contributed by atoms with Crippen LogP contribution in [0.5, 0.6) is 0 Å². The molecule has 2 aliphatic heterocycles. The van der Waals surface area contributed by atoms with Gasteiger partial charge in [-0.3, -0.25) is 0 Å². The zero-order valence-electron chi connectivity index (χ0n) is 57.2. The molecule has 12 aromatic carbocycles. The molecule has 0 spiro atoms. The Balaban J connectivity index is 0.000000132. The van der Waals surface area contributed by atoms with E-state index in [1.54, 1.807) is 0 Å². The predicted octanol–water partition coefficient (Wildman–Crippen LogP) is 21.5. The molecule has 2 fully saturated rings. The predicted molar refractivity (Wildman–Crippen MR) is 401 cm³/mol. The van der Waals surface area contributed by atoms with Crippen molar-refractivity contribution in [2.75, 3.05) is 0 Å². The molecule has 0 amide bonds. The van der Waals surface area contributed by atoms with Crippen LogP contribution in [0.4, 0.5) is 0 Å². The fourth-order valence-corrected chi connectivity index (χ4v) is 15.5. The highest BCUT2D eigenvalue weighted by Crippen LogP contribution is 2.58. The maximum absolute atomic E-state index is 6.77. The molecular formula is C89H78B2O7. The summed E-state index contributed by atoms with van der Waals surface area (Å²) in [7, 11) is -1.02. The third-order valence-electron chi connectivity index (χ3n) is 21.7. The SMILES string of the molecule is CC(C)OB1OC(C)(C)C(C)(C)O1.CC1(C)OB(c2cccc3c2oc2c(-c4ccc(C5(c6ccccc6)c6ccccc6-c6ccccc65)cc4)cccc23)OC1(C)C.c1ccc(C2(c3ccc(-c4cccc5c4oc4ccccc45)cc3)c3ccccc3-c3ccccc32)cc1. The van der Waals surface area contributed by atoms with Gasteiger partial charge in [-0.15, -0.1) is 0 Å². The molecular weight excluding hydrogens is 1200 g/mol. The summed E-state index contributed by atoms with van der Waals surface area (Å²) in [6.07, 6.45) is 0.120. The van der Waals surface area contributed by atoms with Crippen LogP contribution < -0.4 is 5.46 Å². The molecule has 9 heteroatoms. The number of furan rings is 2. The van der Waals surface area contributed by atoms with Crippen LogP contribution in [0.25, 0.3) is 88.4 Å². The lowest BCUT2D eigenvalue weighted by Gasteiger charge is -2.34. The molecule has 2 aliphatic carbocycles. The maximum Gasteiger partial charge on any atom is 0.640 e. The lowest BCUT2D eigenvalue weighted by atomic mass is 9.67. The average molecular weight is 1280 g/mol. The van der Waals surface area contributed by atoms with E-state index in [0.717, 1.165) is 71.6 Å². The molecule has 2 aromatic heterocycles. The van der Waals surface area contributed by atoms with E-state index in [4.69, 9.17) is 32.1 Å². The van der Waals surface area contributed by atoms with Crippen molar-refractivity contribution in [2.45, 2.75) is 109 Å². The normalized spacial score (nSPS) is 16.9. The summed E-state index contributed by atoms with van der Waals surface area (Å²) in [5.41, 5.74) is 22.2. The quantitative estimate of drug-likeness (QED) is 0.133. The first-order chi connectivity index (χ1) is 47.4. The Labute approximate surface area is 575 Å². The zero-order valence-corrected chi connectivity index (χ0v) is 57.2. The topological polar surface area (TPSA) is 72.4 Å². The number of hydrogen-bond acceptors (Lipinski definition) is 7. The summed E-state index contributed by atoms with van der Waals surface area (Å²) in [4.78, 5) is 0. The second-order valence-electron chi connectivity index (χ2n) is 28.7. The number of fused-ring (bicyclic) bond motifs is 12. The highest BCUT2D eigenvalue weighted by molar-refractivity contribution is 6.65. The van der Waals surface area contributed by atoms with E-state index >= 15 is 0 Å². The Kier molecular flexibility index (Phi) is 15.4. The van der Waals surface area contributed by atoms with Crippen LogP contribution in [-0.4, -0.2) is 42.9 Å². The number of hydrogen-bond donors (Lipinski definition) is 0. The summed E-state index contributed by atoms with van der Waals surface area (Å²) in [6, 6.07) is 103. The van der Waals surface area contributed by atoms with Crippen LogP contribution in [0.3, 0.4) is 0 Å². The smallest absolute Gasteiger partial charge is 0.456 e. The first-order valence-electron chi connectivity index (χ1n) is 34.3. The van der Waals surface area contributed by atoms with Gasteiger partial charge < -0.3 is 32.1 Å². The molecule has 482 valence electrons. The summed E-state index contributed by atoms with van der Waals surface area (Å²) >= 11 is 0. The van der Waals surface area contributed by atoms with E-state index in [2.05, 4.69) is 301 Å². The fourth-order valence-electron chi connectivity index (χ4n) is 15.5. The largest absolute Gasteiger partial charge is 0.640 e. The maximum atomic E-state index is 6.77. The molecule has 0 saturated carbocycles. The van der Waals surface area contributed by atoms with Gasteiger partial charge in [-0.2, -0.15) is 0 Å². The van der Waals surface area contributed by atoms with Gasteiger partial charge in [0.05, 0.1) is 33.2 Å². The van der Waals surface area contributed by atoms with E-state index in [9.17, 15) is 0 Å². The van der Waals surface area contributed by atoms with Crippen LogP contribution in [0.1, 0.15) is 114 Å². The third-order valence-corrected chi connectivity index (χ3v) is 21.7. The van der Waals surface area contributed by atoms with Crippen molar-refractivity contribution in [1.29, 1.82) is 0 Å².